The molecule has 0 radical (unpaired) electrons. The van der Waals surface area contributed by atoms with E-state index in [0.717, 1.165) is 0 Å². The fraction of sp³-hybridized carbons (Fsp3) is 0.440. The lowest BCUT2D eigenvalue weighted by Crippen LogP contribution is -2.48. The minimum Gasteiger partial charge on any atom is -0.465 e. The molecule has 5 rings (SSSR count). The number of fused-ring (bicyclic) bond motifs is 1. The third kappa shape index (κ3) is 4.93. The number of hydrogen-bond donors (Lipinski definition) is 2. The number of aryl methyl sites for hydroxylation is 1. The normalized spacial score (nSPS) is 18.1. The topological polar surface area (TPSA) is 122 Å². The fourth-order valence-corrected chi connectivity index (χ4v) is 5.38. The number of ether oxygens (including phenoxy) is 1. The molecule has 0 spiro atoms. The molecule has 2 aliphatic rings. The highest BCUT2D eigenvalue weighted by Crippen LogP contribution is 2.35. The Hall–Kier alpha value is -3.64. The van der Waals surface area contributed by atoms with Crippen LogP contribution in [0.25, 0.3) is 11.0 Å². The molecule has 2 N–H and O–H groups in total. The van der Waals surface area contributed by atoms with Crippen LogP contribution in [0, 0.1) is 5.82 Å². The van der Waals surface area contributed by atoms with Gasteiger partial charge in [-0.2, -0.15) is 0 Å². The second-order valence-corrected chi connectivity index (χ2v) is 9.92. The van der Waals surface area contributed by atoms with Crippen LogP contribution >= 0.6 is 11.6 Å². The Bertz CT molecular complexity index is 1450. The minimum atomic E-state index is -1.14. The molecule has 2 amide bonds. The van der Waals surface area contributed by atoms with E-state index in [9.17, 15) is 23.9 Å². The highest BCUT2D eigenvalue weighted by molar-refractivity contribution is 6.31. The Labute approximate surface area is 222 Å². The predicted octanol–water partition coefficient (Wildman–Crippen LogP) is 2.28. The Morgan fingerprint density at radius 2 is 2.03 bits per heavy atom. The van der Waals surface area contributed by atoms with Crippen LogP contribution in [0.15, 0.2) is 29.3 Å². The van der Waals surface area contributed by atoms with Crippen molar-refractivity contribution in [1.82, 2.24) is 24.3 Å². The van der Waals surface area contributed by atoms with Gasteiger partial charge in [0.05, 0.1) is 26.1 Å². The standard InChI is InChI=1S/C25H28ClFN6O5/c1-30-14-28-20-19(23(34)31-7-9-38-10-8-31)22(32-6-2-3-17(13-32)29-25(36)37)33(21(20)24(30)35)12-15-11-16(27)4-5-18(15)26/h4-5,11,14,17,29H,2-3,6-10,12-13H2,1H3,(H,36,37)/t17-/m1/s1. The number of amides is 2. The number of anilines is 1. The van der Waals surface area contributed by atoms with Gasteiger partial charge in [0.25, 0.3) is 11.5 Å². The number of nitrogens with one attached hydrogen (secondary N) is 1. The van der Waals surface area contributed by atoms with Gasteiger partial charge in [-0.05, 0) is 36.6 Å². The Balaban J connectivity index is 1.74. The molecule has 11 nitrogen and oxygen atoms in total. The third-order valence-corrected chi connectivity index (χ3v) is 7.36. The zero-order valence-corrected chi connectivity index (χ0v) is 21.6. The monoisotopic (exact) mass is 546 g/mol. The number of morpholine rings is 1. The van der Waals surface area contributed by atoms with Crippen LogP contribution in [0.4, 0.5) is 15.0 Å². The molecule has 3 aromatic rings. The van der Waals surface area contributed by atoms with E-state index < -0.39 is 11.9 Å². The van der Waals surface area contributed by atoms with Gasteiger partial charge >= 0.3 is 6.09 Å². The zero-order chi connectivity index (χ0) is 27.0. The van der Waals surface area contributed by atoms with E-state index in [1.807, 2.05) is 4.90 Å². The molecule has 0 aliphatic carbocycles. The van der Waals surface area contributed by atoms with Crippen molar-refractivity contribution in [2.45, 2.75) is 25.4 Å². The van der Waals surface area contributed by atoms with Gasteiger partial charge in [-0.3, -0.25) is 9.59 Å². The first-order valence-electron chi connectivity index (χ1n) is 12.4. The summed E-state index contributed by atoms with van der Waals surface area (Å²) in [5.41, 5.74) is 0.735. The molecule has 2 aliphatic heterocycles. The van der Waals surface area contributed by atoms with Gasteiger partial charge in [0.1, 0.15) is 28.2 Å². The molecule has 202 valence electrons. The number of benzene rings is 1. The van der Waals surface area contributed by atoms with E-state index in [1.54, 1.807) is 16.5 Å². The Morgan fingerprint density at radius 3 is 2.76 bits per heavy atom. The lowest BCUT2D eigenvalue weighted by Gasteiger charge is -2.36. The van der Waals surface area contributed by atoms with Gasteiger partial charge in [-0.25, -0.2) is 14.2 Å². The number of carboxylic acid groups (broad SMARTS) is 1. The maximum Gasteiger partial charge on any atom is 0.404 e. The van der Waals surface area contributed by atoms with Crippen molar-refractivity contribution in [2.75, 3.05) is 44.3 Å². The number of rotatable bonds is 5. The highest BCUT2D eigenvalue weighted by atomic mass is 35.5. The largest absolute Gasteiger partial charge is 0.465 e. The van der Waals surface area contributed by atoms with Crippen LogP contribution < -0.4 is 15.8 Å². The molecule has 4 heterocycles. The van der Waals surface area contributed by atoms with Crippen LogP contribution in [0.3, 0.4) is 0 Å². The molecule has 0 bridgehead atoms. The summed E-state index contributed by atoms with van der Waals surface area (Å²) in [6.45, 7) is 2.36. The lowest BCUT2D eigenvalue weighted by molar-refractivity contribution is 0.0304. The van der Waals surface area contributed by atoms with Crippen molar-refractivity contribution in [3.05, 3.63) is 56.8 Å². The molecule has 38 heavy (non-hydrogen) atoms. The summed E-state index contributed by atoms with van der Waals surface area (Å²) in [6.07, 6.45) is 1.52. The molecule has 0 unspecified atom stereocenters. The smallest absolute Gasteiger partial charge is 0.404 e. The number of piperidine rings is 1. The van der Waals surface area contributed by atoms with Gasteiger partial charge in [0.15, 0.2) is 0 Å². The summed E-state index contributed by atoms with van der Waals surface area (Å²) < 4.78 is 22.6. The second-order valence-electron chi connectivity index (χ2n) is 9.52. The maximum absolute atomic E-state index is 14.2. The molecular weight excluding hydrogens is 519 g/mol. The summed E-state index contributed by atoms with van der Waals surface area (Å²) in [6, 6.07) is 3.61. The number of nitrogens with zero attached hydrogens (tertiary/aromatic N) is 5. The fourth-order valence-electron chi connectivity index (χ4n) is 5.20. The van der Waals surface area contributed by atoms with E-state index in [2.05, 4.69) is 10.3 Å². The molecule has 1 atom stereocenters. The first kappa shape index (κ1) is 26.0. The van der Waals surface area contributed by atoms with Crippen molar-refractivity contribution in [1.29, 1.82) is 0 Å². The quantitative estimate of drug-likeness (QED) is 0.503. The average molecular weight is 547 g/mol. The number of aromatic nitrogens is 3. The van der Waals surface area contributed by atoms with Crippen molar-refractivity contribution < 1.29 is 23.8 Å². The van der Waals surface area contributed by atoms with Gasteiger partial charge in [0, 0.05) is 44.3 Å². The Kier molecular flexibility index (Phi) is 7.26. The minimum absolute atomic E-state index is 0.00722. The molecule has 13 heteroatoms. The lowest BCUT2D eigenvalue weighted by atomic mass is 10.0. The number of hydrogen-bond acceptors (Lipinski definition) is 6. The van der Waals surface area contributed by atoms with Gasteiger partial charge in [0.2, 0.25) is 0 Å². The van der Waals surface area contributed by atoms with Crippen molar-refractivity contribution in [3.63, 3.8) is 0 Å². The van der Waals surface area contributed by atoms with E-state index in [0.29, 0.717) is 62.1 Å². The number of halogens is 2. The van der Waals surface area contributed by atoms with Crippen LogP contribution in [-0.2, 0) is 18.3 Å². The number of carbonyl (C=O) groups is 2. The average Bonchev–Trinajstić information content (AvgIpc) is 3.22. The van der Waals surface area contributed by atoms with Crippen LogP contribution in [-0.4, -0.2) is 81.6 Å². The van der Waals surface area contributed by atoms with Crippen molar-refractivity contribution in [3.8, 4) is 0 Å². The first-order chi connectivity index (χ1) is 18.2. The van der Waals surface area contributed by atoms with E-state index in [4.69, 9.17) is 16.3 Å². The van der Waals surface area contributed by atoms with Crippen LogP contribution in [0.5, 0.6) is 0 Å². The van der Waals surface area contributed by atoms with Crippen LogP contribution in [0.1, 0.15) is 28.8 Å². The molecule has 2 fully saturated rings. The van der Waals surface area contributed by atoms with E-state index in [-0.39, 0.29) is 47.2 Å². The summed E-state index contributed by atoms with van der Waals surface area (Å²) >= 11 is 6.42. The third-order valence-electron chi connectivity index (χ3n) is 6.99. The number of carbonyl (C=O) groups excluding carboxylic acids is 1. The van der Waals surface area contributed by atoms with Gasteiger partial charge in [-0.1, -0.05) is 11.6 Å². The zero-order valence-electron chi connectivity index (χ0n) is 20.8. The Morgan fingerprint density at radius 1 is 1.26 bits per heavy atom. The molecular formula is C25H28ClFN6O5. The summed E-state index contributed by atoms with van der Waals surface area (Å²) in [7, 11) is 1.57. The first-order valence-corrected chi connectivity index (χ1v) is 12.8. The summed E-state index contributed by atoms with van der Waals surface area (Å²) in [5, 5.41) is 12.2. The van der Waals surface area contributed by atoms with Crippen molar-refractivity contribution in [2.24, 2.45) is 7.05 Å². The summed E-state index contributed by atoms with van der Waals surface area (Å²) in [5.74, 6) is -0.349. The molecule has 0 saturated carbocycles. The van der Waals surface area contributed by atoms with E-state index >= 15 is 0 Å². The van der Waals surface area contributed by atoms with Gasteiger partial charge < -0.3 is 34.1 Å². The molecule has 1 aromatic carbocycles. The highest BCUT2D eigenvalue weighted by Gasteiger charge is 2.34. The van der Waals surface area contributed by atoms with E-state index in [1.165, 1.54) is 29.1 Å². The summed E-state index contributed by atoms with van der Waals surface area (Å²) in [4.78, 5) is 47.0. The maximum atomic E-state index is 14.2. The molecule has 2 saturated heterocycles. The molecule has 2 aromatic heterocycles. The van der Waals surface area contributed by atoms with Crippen molar-refractivity contribution >= 4 is 40.5 Å². The SMILES string of the molecule is Cn1cnc2c(C(=O)N3CCOCC3)c(N3CCC[C@@H](NC(=O)O)C3)n(Cc3cc(F)ccc3Cl)c2c1=O. The predicted molar refractivity (Wildman–Crippen MR) is 139 cm³/mol. The second kappa shape index (κ2) is 10.6. The van der Waals surface area contributed by atoms with Crippen LogP contribution in [0.2, 0.25) is 5.02 Å². The van der Waals surface area contributed by atoms with Gasteiger partial charge in [-0.15, -0.1) is 0 Å².